The van der Waals surface area contributed by atoms with Gasteiger partial charge in [0.15, 0.2) is 0 Å². The van der Waals surface area contributed by atoms with Crippen LogP contribution >= 0.6 is 0 Å². The molecule has 0 spiro atoms. The number of epoxide rings is 1. The highest BCUT2D eigenvalue weighted by Gasteiger charge is 2.38. The first-order valence-corrected chi connectivity index (χ1v) is 7.28. The molecule has 94 valence electrons. The summed E-state index contributed by atoms with van der Waals surface area (Å²) >= 11 is 0. The van der Waals surface area contributed by atoms with E-state index in [9.17, 15) is 0 Å². The minimum absolute atomic E-state index is 0.591. The molecule has 1 fully saturated rings. The quantitative estimate of drug-likeness (QED) is 0.523. The van der Waals surface area contributed by atoms with Gasteiger partial charge in [-0.2, -0.15) is 0 Å². The summed E-state index contributed by atoms with van der Waals surface area (Å²) in [6, 6.07) is 0. The maximum absolute atomic E-state index is 5.55. The van der Waals surface area contributed by atoms with Crippen LogP contribution < -0.4 is 0 Å². The predicted octanol–water partition coefficient (Wildman–Crippen LogP) is 4.25. The van der Waals surface area contributed by atoms with Crippen molar-refractivity contribution in [2.24, 2.45) is 11.8 Å². The van der Waals surface area contributed by atoms with Crippen molar-refractivity contribution in [1.82, 2.24) is 0 Å². The molecule has 1 saturated heterocycles. The summed E-state index contributed by atoms with van der Waals surface area (Å²) in [5.74, 6) is 1.67. The van der Waals surface area contributed by atoms with E-state index < -0.39 is 0 Å². The summed E-state index contributed by atoms with van der Waals surface area (Å²) in [6.45, 7) is 3.32. The molecule has 17 heavy (non-hydrogen) atoms. The molecule has 0 N–H and O–H groups in total. The Hall–Kier alpha value is -0.560. The molecule has 3 unspecified atom stereocenters. The summed E-state index contributed by atoms with van der Waals surface area (Å²) < 4.78 is 5.55. The molecule has 1 nitrogen and oxygen atoms in total. The summed E-state index contributed by atoms with van der Waals surface area (Å²) in [5, 5.41) is 0. The summed E-state index contributed by atoms with van der Waals surface area (Å²) in [4.78, 5) is 0. The van der Waals surface area contributed by atoms with Gasteiger partial charge in [-0.25, -0.2) is 0 Å². The average Bonchev–Trinajstić information content (AvgIpc) is 3.15. The predicted molar refractivity (Wildman–Crippen MR) is 70.9 cm³/mol. The zero-order valence-corrected chi connectivity index (χ0v) is 11.0. The van der Waals surface area contributed by atoms with Crippen LogP contribution in [0.25, 0.3) is 0 Å². The first-order chi connectivity index (χ1) is 8.33. The molecule has 1 heteroatoms. The molecule has 1 heterocycles. The largest absolute Gasteiger partial charge is 0.373 e. The van der Waals surface area contributed by atoms with E-state index in [1.165, 1.54) is 44.9 Å². The first-order valence-electron chi connectivity index (χ1n) is 7.28. The number of hydrogen-bond acceptors (Lipinski definition) is 1. The second-order valence-corrected chi connectivity index (χ2v) is 6.10. The maximum atomic E-state index is 5.55. The standard InChI is InChI=1S/C16H24O/c1-12-7-8-15(16-11-17-16)14(9-12)10-13-5-3-2-4-6-13/h5,7,14-16H,2-4,6,8-11H2,1H3. The smallest absolute Gasteiger partial charge is 0.0843 e. The molecular weight excluding hydrogens is 208 g/mol. The van der Waals surface area contributed by atoms with Crippen LogP contribution in [-0.2, 0) is 4.74 Å². The fraction of sp³-hybridized carbons (Fsp3) is 0.750. The lowest BCUT2D eigenvalue weighted by molar-refractivity contribution is 0.234. The second-order valence-electron chi connectivity index (χ2n) is 6.10. The van der Waals surface area contributed by atoms with Crippen molar-refractivity contribution >= 4 is 0 Å². The van der Waals surface area contributed by atoms with Gasteiger partial charge in [-0.3, -0.25) is 0 Å². The summed E-state index contributed by atoms with van der Waals surface area (Å²) in [6.07, 6.45) is 15.0. The lowest BCUT2D eigenvalue weighted by Crippen LogP contribution is -2.24. The third kappa shape index (κ3) is 2.82. The maximum Gasteiger partial charge on any atom is 0.0843 e. The lowest BCUT2D eigenvalue weighted by Gasteiger charge is -2.31. The first kappa shape index (κ1) is 11.5. The van der Waals surface area contributed by atoms with Crippen molar-refractivity contribution in [2.45, 2.75) is 58.0 Å². The molecule has 0 radical (unpaired) electrons. The Morgan fingerprint density at radius 3 is 2.88 bits per heavy atom. The van der Waals surface area contributed by atoms with Gasteiger partial charge in [-0.05, 0) is 63.7 Å². The van der Waals surface area contributed by atoms with Crippen molar-refractivity contribution < 1.29 is 4.74 Å². The molecule has 2 aliphatic carbocycles. The fourth-order valence-electron chi connectivity index (χ4n) is 3.59. The third-order valence-corrected chi connectivity index (χ3v) is 4.67. The molecule has 0 bridgehead atoms. The van der Waals surface area contributed by atoms with Crippen LogP contribution in [0.15, 0.2) is 23.3 Å². The van der Waals surface area contributed by atoms with Crippen molar-refractivity contribution in [3.8, 4) is 0 Å². The minimum atomic E-state index is 0.591. The Labute approximate surface area is 105 Å². The van der Waals surface area contributed by atoms with E-state index in [1.807, 2.05) is 0 Å². The Morgan fingerprint density at radius 1 is 1.29 bits per heavy atom. The molecule has 3 rings (SSSR count). The number of hydrogen-bond donors (Lipinski definition) is 0. The van der Waals surface area contributed by atoms with E-state index in [4.69, 9.17) is 4.74 Å². The van der Waals surface area contributed by atoms with Crippen molar-refractivity contribution in [3.63, 3.8) is 0 Å². The highest BCUT2D eigenvalue weighted by atomic mass is 16.6. The Bertz CT molecular complexity index is 335. The Balaban J connectivity index is 1.66. The van der Waals surface area contributed by atoms with E-state index in [1.54, 1.807) is 11.1 Å². The van der Waals surface area contributed by atoms with Gasteiger partial charge in [-0.1, -0.05) is 23.3 Å². The highest BCUT2D eigenvalue weighted by molar-refractivity contribution is 5.13. The lowest BCUT2D eigenvalue weighted by atomic mass is 9.74. The van der Waals surface area contributed by atoms with Crippen LogP contribution in [-0.4, -0.2) is 12.7 Å². The van der Waals surface area contributed by atoms with Gasteiger partial charge in [0.05, 0.1) is 12.7 Å². The van der Waals surface area contributed by atoms with Gasteiger partial charge in [0, 0.05) is 0 Å². The second kappa shape index (κ2) is 4.97. The van der Waals surface area contributed by atoms with Gasteiger partial charge in [0.1, 0.15) is 0 Å². The summed E-state index contributed by atoms with van der Waals surface area (Å²) in [7, 11) is 0. The molecule has 0 aromatic heterocycles. The van der Waals surface area contributed by atoms with Crippen molar-refractivity contribution in [1.29, 1.82) is 0 Å². The SMILES string of the molecule is CC1=CCC(C2CO2)C(CC2=CCCCC2)C1. The zero-order valence-electron chi connectivity index (χ0n) is 11.0. The van der Waals surface area contributed by atoms with E-state index in [2.05, 4.69) is 19.1 Å². The average molecular weight is 232 g/mol. The van der Waals surface area contributed by atoms with Crippen molar-refractivity contribution in [2.75, 3.05) is 6.61 Å². The van der Waals surface area contributed by atoms with Gasteiger partial charge < -0.3 is 4.74 Å². The van der Waals surface area contributed by atoms with Gasteiger partial charge >= 0.3 is 0 Å². The van der Waals surface area contributed by atoms with E-state index in [0.29, 0.717) is 6.10 Å². The highest BCUT2D eigenvalue weighted by Crippen LogP contribution is 2.41. The fourth-order valence-corrected chi connectivity index (χ4v) is 3.59. The van der Waals surface area contributed by atoms with Crippen LogP contribution in [0.3, 0.4) is 0 Å². The molecule has 3 atom stereocenters. The van der Waals surface area contributed by atoms with Crippen LogP contribution in [0, 0.1) is 11.8 Å². The molecule has 0 amide bonds. The van der Waals surface area contributed by atoms with E-state index >= 15 is 0 Å². The van der Waals surface area contributed by atoms with Gasteiger partial charge in [-0.15, -0.1) is 0 Å². The van der Waals surface area contributed by atoms with Gasteiger partial charge in [0.25, 0.3) is 0 Å². The van der Waals surface area contributed by atoms with E-state index in [-0.39, 0.29) is 0 Å². The van der Waals surface area contributed by atoms with Crippen LogP contribution in [0.5, 0.6) is 0 Å². The van der Waals surface area contributed by atoms with E-state index in [0.717, 1.165) is 18.4 Å². The number of ether oxygens (including phenoxy) is 1. The monoisotopic (exact) mass is 232 g/mol. The third-order valence-electron chi connectivity index (χ3n) is 4.67. The zero-order chi connectivity index (χ0) is 11.7. The molecular formula is C16H24O. The molecule has 1 aliphatic heterocycles. The summed E-state index contributed by atoms with van der Waals surface area (Å²) in [5.41, 5.74) is 3.34. The normalized spacial score (nSPS) is 37.4. The minimum Gasteiger partial charge on any atom is -0.373 e. The molecule has 3 aliphatic rings. The Kier molecular flexibility index (Phi) is 3.37. The number of rotatable bonds is 3. The topological polar surface area (TPSA) is 12.5 Å². The molecule has 0 saturated carbocycles. The van der Waals surface area contributed by atoms with Crippen LogP contribution in [0.1, 0.15) is 51.9 Å². The Morgan fingerprint density at radius 2 is 2.18 bits per heavy atom. The van der Waals surface area contributed by atoms with Crippen LogP contribution in [0.2, 0.25) is 0 Å². The molecule has 0 aromatic rings. The van der Waals surface area contributed by atoms with Crippen molar-refractivity contribution in [3.05, 3.63) is 23.3 Å². The number of allylic oxidation sites excluding steroid dienone is 4. The van der Waals surface area contributed by atoms with Crippen LogP contribution in [0.4, 0.5) is 0 Å². The van der Waals surface area contributed by atoms with Gasteiger partial charge in [0.2, 0.25) is 0 Å². The molecule has 0 aromatic carbocycles.